The van der Waals surface area contributed by atoms with Gasteiger partial charge in [-0.2, -0.15) is 0 Å². The Hall–Kier alpha value is -0.200. The Morgan fingerprint density at radius 3 is 1.76 bits per heavy atom. The molecule has 0 saturated heterocycles. The van der Waals surface area contributed by atoms with Crippen LogP contribution in [0.25, 0.3) is 0 Å². The number of hydrogen-bond donors (Lipinski definition) is 1. The molecule has 0 unspecified atom stereocenters. The highest BCUT2D eigenvalue weighted by Crippen LogP contribution is 1.86. The van der Waals surface area contributed by atoms with Crippen LogP contribution in [0, 0.1) is 0 Å². The molecule has 0 fully saturated rings. The highest BCUT2D eigenvalue weighted by atomic mass is 16.5. The molecule has 0 aliphatic heterocycles. The Morgan fingerprint density at radius 2 is 1.24 bits per heavy atom. The van der Waals surface area contributed by atoms with Gasteiger partial charge in [0.2, 0.25) is 0 Å². The molecule has 0 bridgehead atoms. The van der Waals surface area contributed by atoms with Crippen molar-refractivity contribution >= 4 is 0 Å². The molecule has 1 N–H and O–H groups in total. The van der Waals surface area contributed by atoms with Crippen LogP contribution in [-0.4, -0.2) is 67.0 Å². The van der Waals surface area contributed by atoms with Crippen molar-refractivity contribution in [2.24, 2.45) is 0 Å². The smallest absolute Gasteiger partial charge is 0.0701 e. The first-order chi connectivity index (χ1) is 8.41. The van der Waals surface area contributed by atoms with Crippen molar-refractivity contribution in [3.05, 3.63) is 0 Å². The predicted molar refractivity (Wildman–Crippen MR) is 67.5 cm³/mol. The van der Waals surface area contributed by atoms with Gasteiger partial charge in [0.1, 0.15) is 0 Å². The van der Waals surface area contributed by atoms with E-state index in [0.717, 1.165) is 39.2 Å². The van der Waals surface area contributed by atoms with Crippen LogP contribution >= 0.6 is 0 Å². The lowest BCUT2D eigenvalue weighted by atomic mass is 10.4. The lowest BCUT2D eigenvalue weighted by Gasteiger charge is -2.06. The molecule has 0 spiro atoms. The molecule has 0 aromatic heterocycles. The second-order valence-electron chi connectivity index (χ2n) is 3.64. The molecule has 0 aromatic rings. The first-order valence-electron chi connectivity index (χ1n) is 6.28. The maximum atomic E-state index is 5.37. The fraction of sp³-hybridized carbons (Fsp3) is 1.00. The largest absolute Gasteiger partial charge is 0.385 e. The Bertz CT molecular complexity index is 122. The third kappa shape index (κ3) is 15.8. The van der Waals surface area contributed by atoms with Crippen LogP contribution in [0.5, 0.6) is 0 Å². The molecule has 0 radical (unpaired) electrons. The Kier molecular flexibility index (Phi) is 15.6. The Balaban J connectivity index is 2.85. The normalized spacial score (nSPS) is 10.9. The van der Waals surface area contributed by atoms with Gasteiger partial charge in [0.05, 0.1) is 26.4 Å². The number of nitrogens with one attached hydrogen (secondary N) is 1. The summed E-state index contributed by atoms with van der Waals surface area (Å²) in [5, 5.41) is 3.07. The number of ether oxygens (including phenoxy) is 4. The topological polar surface area (TPSA) is 49.0 Å². The van der Waals surface area contributed by atoms with Gasteiger partial charge in [0.25, 0.3) is 0 Å². The van der Waals surface area contributed by atoms with Crippen LogP contribution in [0.2, 0.25) is 0 Å². The molecular weight excluding hydrogens is 222 g/mol. The van der Waals surface area contributed by atoms with Crippen LogP contribution in [0.3, 0.4) is 0 Å². The molecule has 0 aromatic carbocycles. The van der Waals surface area contributed by atoms with Gasteiger partial charge in [0.15, 0.2) is 0 Å². The Labute approximate surface area is 105 Å². The number of rotatable bonds is 14. The summed E-state index contributed by atoms with van der Waals surface area (Å²) in [4.78, 5) is 0. The van der Waals surface area contributed by atoms with Gasteiger partial charge in [-0.3, -0.25) is 0 Å². The average Bonchev–Trinajstić information content (AvgIpc) is 2.35. The minimum Gasteiger partial charge on any atom is -0.385 e. The summed E-state index contributed by atoms with van der Waals surface area (Å²) >= 11 is 0. The van der Waals surface area contributed by atoms with Gasteiger partial charge in [-0.1, -0.05) is 0 Å². The molecule has 0 saturated carbocycles. The second-order valence-corrected chi connectivity index (χ2v) is 3.64. The first-order valence-corrected chi connectivity index (χ1v) is 6.28. The van der Waals surface area contributed by atoms with Crippen LogP contribution in [0.1, 0.15) is 12.8 Å². The lowest BCUT2D eigenvalue weighted by Crippen LogP contribution is -2.13. The summed E-state index contributed by atoms with van der Waals surface area (Å²) < 4.78 is 21.0. The lowest BCUT2D eigenvalue weighted by molar-refractivity contribution is 0.0111. The first kappa shape index (κ1) is 16.8. The summed E-state index contributed by atoms with van der Waals surface area (Å²) in [7, 11) is 3.63. The zero-order valence-corrected chi connectivity index (χ0v) is 11.2. The third-order valence-corrected chi connectivity index (χ3v) is 2.10. The van der Waals surface area contributed by atoms with Crippen LogP contribution < -0.4 is 5.32 Å². The zero-order valence-electron chi connectivity index (χ0n) is 11.2. The van der Waals surface area contributed by atoms with E-state index in [9.17, 15) is 0 Å². The number of methoxy groups -OCH3 is 1. The highest BCUT2D eigenvalue weighted by molar-refractivity contribution is 4.40. The van der Waals surface area contributed by atoms with Crippen molar-refractivity contribution in [3.63, 3.8) is 0 Å². The van der Waals surface area contributed by atoms with Gasteiger partial charge in [-0.15, -0.1) is 0 Å². The van der Waals surface area contributed by atoms with E-state index in [0.29, 0.717) is 26.4 Å². The molecular formula is C12H27NO4. The van der Waals surface area contributed by atoms with Crippen LogP contribution in [0.4, 0.5) is 0 Å². The minimum absolute atomic E-state index is 0.632. The van der Waals surface area contributed by atoms with Crippen molar-refractivity contribution in [2.45, 2.75) is 12.8 Å². The van der Waals surface area contributed by atoms with Gasteiger partial charge in [-0.05, 0) is 26.4 Å². The molecule has 0 rings (SSSR count). The SMILES string of the molecule is CNCCCOCCOCCOCCCOC. The van der Waals surface area contributed by atoms with Crippen molar-refractivity contribution in [1.29, 1.82) is 0 Å². The van der Waals surface area contributed by atoms with Crippen molar-refractivity contribution < 1.29 is 18.9 Å². The molecule has 17 heavy (non-hydrogen) atoms. The third-order valence-electron chi connectivity index (χ3n) is 2.10. The van der Waals surface area contributed by atoms with Crippen molar-refractivity contribution in [2.75, 3.05) is 67.0 Å². The van der Waals surface area contributed by atoms with Crippen LogP contribution in [0.15, 0.2) is 0 Å². The molecule has 0 atom stereocenters. The van der Waals surface area contributed by atoms with Crippen molar-refractivity contribution in [3.8, 4) is 0 Å². The standard InChI is InChI=1S/C12H27NO4/c1-13-5-3-7-15-9-11-17-12-10-16-8-4-6-14-2/h13H,3-12H2,1-2H3. The quantitative estimate of drug-likeness (QED) is 0.459. The van der Waals surface area contributed by atoms with Gasteiger partial charge in [-0.25, -0.2) is 0 Å². The minimum atomic E-state index is 0.632. The maximum absolute atomic E-state index is 5.37. The molecule has 5 nitrogen and oxygen atoms in total. The molecule has 5 heteroatoms. The molecule has 0 aliphatic rings. The predicted octanol–water partition coefficient (Wildman–Crippen LogP) is 0.682. The van der Waals surface area contributed by atoms with E-state index in [1.54, 1.807) is 7.11 Å². The summed E-state index contributed by atoms with van der Waals surface area (Å²) in [6, 6.07) is 0. The van der Waals surface area contributed by atoms with E-state index in [2.05, 4.69) is 5.32 Å². The van der Waals surface area contributed by atoms with E-state index >= 15 is 0 Å². The molecule has 104 valence electrons. The van der Waals surface area contributed by atoms with Crippen LogP contribution in [-0.2, 0) is 18.9 Å². The molecule has 0 aliphatic carbocycles. The monoisotopic (exact) mass is 249 g/mol. The summed E-state index contributed by atoms with van der Waals surface area (Å²) in [5.74, 6) is 0. The fourth-order valence-corrected chi connectivity index (χ4v) is 1.20. The number of hydrogen-bond acceptors (Lipinski definition) is 5. The van der Waals surface area contributed by atoms with Gasteiger partial charge < -0.3 is 24.3 Å². The molecule has 0 heterocycles. The Morgan fingerprint density at radius 1 is 0.706 bits per heavy atom. The summed E-state index contributed by atoms with van der Waals surface area (Å²) in [6.07, 6.45) is 1.98. The second kappa shape index (κ2) is 15.8. The van der Waals surface area contributed by atoms with E-state index in [1.807, 2.05) is 7.05 Å². The maximum Gasteiger partial charge on any atom is 0.0701 e. The fourth-order valence-electron chi connectivity index (χ4n) is 1.20. The van der Waals surface area contributed by atoms with Crippen molar-refractivity contribution in [1.82, 2.24) is 5.32 Å². The van der Waals surface area contributed by atoms with Gasteiger partial charge in [0, 0.05) is 26.9 Å². The van der Waals surface area contributed by atoms with E-state index in [-0.39, 0.29) is 0 Å². The van der Waals surface area contributed by atoms with E-state index in [4.69, 9.17) is 18.9 Å². The highest BCUT2D eigenvalue weighted by Gasteiger charge is 1.92. The summed E-state index contributed by atoms with van der Waals surface area (Å²) in [6.45, 7) is 5.84. The average molecular weight is 249 g/mol. The molecule has 0 amide bonds. The van der Waals surface area contributed by atoms with E-state index in [1.165, 1.54) is 0 Å². The summed E-state index contributed by atoms with van der Waals surface area (Å²) in [5.41, 5.74) is 0. The van der Waals surface area contributed by atoms with E-state index < -0.39 is 0 Å². The zero-order chi connectivity index (χ0) is 12.6. The van der Waals surface area contributed by atoms with Gasteiger partial charge >= 0.3 is 0 Å².